The second-order valence-electron chi connectivity index (χ2n) is 5.94. The van der Waals surface area contributed by atoms with Crippen LogP contribution in [0.3, 0.4) is 0 Å². The van der Waals surface area contributed by atoms with Crippen molar-refractivity contribution in [3.63, 3.8) is 0 Å². The number of hydrogen-bond acceptors (Lipinski definition) is 2. The highest BCUT2D eigenvalue weighted by atomic mass is 19.2. The van der Waals surface area contributed by atoms with Crippen LogP contribution >= 0.6 is 0 Å². The van der Waals surface area contributed by atoms with Gasteiger partial charge in [-0.15, -0.1) is 0 Å². The van der Waals surface area contributed by atoms with Crippen LogP contribution in [0, 0.1) is 17.5 Å². The zero-order valence-electron chi connectivity index (χ0n) is 13.2. The molecule has 0 unspecified atom stereocenters. The normalized spacial score (nSPS) is 15.6. The highest BCUT2D eigenvalue weighted by molar-refractivity contribution is 5.94. The molecule has 1 fully saturated rings. The van der Waals surface area contributed by atoms with Crippen molar-refractivity contribution in [1.82, 2.24) is 10.2 Å². The van der Waals surface area contributed by atoms with Crippen molar-refractivity contribution in [2.45, 2.75) is 38.5 Å². The number of halogens is 3. The van der Waals surface area contributed by atoms with Crippen LogP contribution in [0.5, 0.6) is 0 Å². The predicted octanol–water partition coefficient (Wildman–Crippen LogP) is 3.49. The fraction of sp³-hybridized carbons (Fsp3) is 0.588. The van der Waals surface area contributed by atoms with E-state index >= 15 is 0 Å². The zero-order valence-corrected chi connectivity index (χ0v) is 13.2. The van der Waals surface area contributed by atoms with E-state index in [0.717, 1.165) is 37.9 Å². The number of piperidine rings is 1. The van der Waals surface area contributed by atoms with Gasteiger partial charge in [-0.05, 0) is 57.5 Å². The van der Waals surface area contributed by atoms with E-state index in [-0.39, 0.29) is 0 Å². The summed E-state index contributed by atoms with van der Waals surface area (Å²) in [4.78, 5) is 14.2. The van der Waals surface area contributed by atoms with Crippen molar-refractivity contribution in [3.05, 3.63) is 35.1 Å². The molecule has 1 saturated heterocycles. The minimum Gasteiger partial charge on any atom is -0.352 e. The molecule has 0 atom stereocenters. The average Bonchev–Trinajstić information content (AvgIpc) is 2.56. The Balaban J connectivity index is 1.64. The second-order valence-corrected chi connectivity index (χ2v) is 5.94. The molecular formula is C17H23F3N2O. The van der Waals surface area contributed by atoms with Gasteiger partial charge in [0.25, 0.3) is 5.91 Å². The highest BCUT2D eigenvalue weighted by Crippen LogP contribution is 2.15. The minimum absolute atomic E-state index is 0.400. The molecule has 1 aliphatic heterocycles. The molecule has 0 radical (unpaired) electrons. The van der Waals surface area contributed by atoms with E-state index in [0.29, 0.717) is 6.54 Å². The molecule has 1 aromatic rings. The lowest BCUT2D eigenvalue weighted by molar-refractivity contribution is 0.0947. The van der Waals surface area contributed by atoms with Crippen LogP contribution < -0.4 is 5.32 Å². The standard InChI is InChI=1S/C17H23F3N2O/c18-14-8-7-13(15(19)16(14)20)17(23)21-9-3-1-4-10-22-11-5-2-6-12-22/h7-8H,1-6,9-12H2,(H,21,23). The number of nitrogens with one attached hydrogen (secondary N) is 1. The first-order valence-electron chi connectivity index (χ1n) is 8.23. The van der Waals surface area contributed by atoms with Gasteiger partial charge in [0.1, 0.15) is 0 Å². The van der Waals surface area contributed by atoms with Crippen molar-refractivity contribution in [2.75, 3.05) is 26.2 Å². The van der Waals surface area contributed by atoms with Crippen LogP contribution in [0.25, 0.3) is 0 Å². The monoisotopic (exact) mass is 328 g/mol. The first kappa shape index (κ1) is 17.8. The summed E-state index contributed by atoms with van der Waals surface area (Å²) >= 11 is 0. The van der Waals surface area contributed by atoms with Gasteiger partial charge in [0.15, 0.2) is 17.5 Å². The van der Waals surface area contributed by atoms with Crippen LogP contribution in [0.4, 0.5) is 13.2 Å². The largest absolute Gasteiger partial charge is 0.352 e. The maximum Gasteiger partial charge on any atom is 0.254 e. The third-order valence-electron chi connectivity index (χ3n) is 4.17. The van der Waals surface area contributed by atoms with Gasteiger partial charge in [-0.1, -0.05) is 12.8 Å². The van der Waals surface area contributed by atoms with Crippen molar-refractivity contribution in [2.24, 2.45) is 0 Å². The number of carbonyl (C=O) groups excluding carboxylic acids is 1. The lowest BCUT2D eigenvalue weighted by Crippen LogP contribution is -2.30. The van der Waals surface area contributed by atoms with Gasteiger partial charge >= 0.3 is 0 Å². The average molecular weight is 328 g/mol. The van der Waals surface area contributed by atoms with Crippen molar-refractivity contribution in [1.29, 1.82) is 0 Å². The number of unbranched alkanes of at least 4 members (excludes halogenated alkanes) is 2. The van der Waals surface area contributed by atoms with E-state index in [1.54, 1.807) is 0 Å². The van der Waals surface area contributed by atoms with Crippen molar-refractivity contribution < 1.29 is 18.0 Å². The fourth-order valence-electron chi connectivity index (χ4n) is 2.82. The summed E-state index contributed by atoms with van der Waals surface area (Å²) in [5.74, 6) is -5.05. The first-order valence-corrected chi connectivity index (χ1v) is 8.23. The third-order valence-corrected chi connectivity index (χ3v) is 4.17. The molecule has 23 heavy (non-hydrogen) atoms. The van der Waals surface area contributed by atoms with Gasteiger partial charge < -0.3 is 10.2 Å². The smallest absolute Gasteiger partial charge is 0.254 e. The summed E-state index contributed by atoms with van der Waals surface area (Å²) in [6, 6.07) is 1.71. The summed E-state index contributed by atoms with van der Waals surface area (Å²) < 4.78 is 39.4. The second kappa shape index (κ2) is 8.91. The number of hydrogen-bond donors (Lipinski definition) is 1. The molecule has 1 N–H and O–H groups in total. The van der Waals surface area contributed by atoms with E-state index in [1.165, 1.54) is 32.4 Å². The lowest BCUT2D eigenvalue weighted by atomic mass is 10.1. The Labute approximate surface area is 134 Å². The topological polar surface area (TPSA) is 32.3 Å². The van der Waals surface area contributed by atoms with Crippen molar-refractivity contribution in [3.8, 4) is 0 Å². The number of amides is 1. The quantitative estimate of drug-likeness (QED) is 0.614. The summed E-state index contributed by atoms with van der Waals surface area (Å²) in [5.41, 5.74) is -0.461. The molecule has 1 amide bonds. The lowest BCUT2D eigenvalue weighted by Gasteiger charge is -2.26. The Bertz CT molecular complexity index is 531. The third kappa shape index (κ3) is 5.23. The number of benzene rings is 1. The molecule has 0 aromatic heterocycles. The molecule has 0 spiro atoms. The van der Waals surface area contributed by atoms with Gasteiger partial charge in [0.05, 0.1) is 5.56 Å². The molecule has 0 saturated carbocycles. The van der Waals surface area contributed by atoms with Gasteiger partial charge in [0.2, 0.25) is 0 Å². The molecule has 2 rings (SSSR count). The van der Waals surface area contributed by atoms with Gasteiger partial charge in [-0.2, -0.15) is 0 Å². The van der Waals surface area contributed by atoms with Gasteiger partial charge in [0, 0.05) is 6.54 Å². The predicted molar refractivity (Wildman–Crippen MR) is 82.8 cm³/mol. The highest BCUT2D eigenvalue weighted by Gasteiger charge is 2.18. The molecule has 1 aliphatic rings. The van der Waals surface area contributed by atoms with Crippen LogP contribution in [0.1, 0.15) is 48.9 Å². The number of rotatable bonds is 7. The van der Waals surface area contributed by atoms with E-state index in [1.807, 2.05) is 0 Å². The van der Waals surface area contributed by atoms with Gasteiger partial charge in [-0.25, -0.2) is 13.2 Å². The molecule has 128 valence electrons. The fourth-order valence-corrected chi connectivity index (χ4v) is 2.82. The Kier molecular flexibility index (Phi) is 6.89. The number of nitrogens with zero attached hydrogens (tertiary/aromatic N) is 1. The molecular weight excluding hydrogens is 305 g/mol. The van der Waals surface area contributed by atoms with Crippen LogP contribution in [0.15, 0.2) is 12.1 Å². The Hall–Kier alpha value is -1.56. The molecule has 1 aromatic carbocycles. The van der Waals surface area contributed by atoms with E-state index in [9.17, 15) is 18.0 Å². The minimum atomic E-state index is -1.61. The molecule has 0 bridgehead atoms. The Morgan fingerprint density at radius 1 is 1.00 bits per heavy atom. The Morgan fingerprint density at radius 3 is 2.48 bits per heavy atom. The van der Waals surface area contributed by atoms with Crippen LogP contribution in [-0.2, 0) is 0 Å². The molecule has 3 nitrogen and oxygen atoms in total. The van der Waals surface area contributed by atoms with Gasteiger partial charge in [-0.3, -0.25) is 4.79 Å². The summed E-state index contributed by atoms with van der Waals surface area (Å²) in [6.07, 6.45) is 6.69. The summed E-state index contributed by atoms with van der Waals surface area (Å²) in [7, 11) is 0. The zero-order chi connectivity index (χ0) is 16.7. The molecule has 1 heterocycles. The van der Waals surface area contributed by atoms with Crippen molar-refractivity contribution >= 4 is 5.91 Å². The molecule has 0 aliphatic carbocycles. The Morgan fingerprint density at radius 2 is 1.74 bits per heavy atom. The molecule has 6 heteroatoms. The summed E-state index contributed by atoms with van der Waals surface area (Å²) in [6.45, 7) is 3.82. The van der Waals surface area contributed by atoms with Crippen LogP contribution in [-0.4, -0.2) is 37.0 Å². The maximum absolute atomic E-state index is 13.5. The number of likely N-dealkylation sites (tertiary alicyclic amines) is 1. The van der Waals surface area contributed by atoms with E-state index in [2.05, 4.69) is 10.2 Å². The van der Waals surface area contributed by atoms with Crippen LogP contribution in [0.2, 0.25) is 0 Å². The first-order chi connectivity index (χ1) is 11.1. The number of carbonyl (C=O) groups is 1. The van der Waals surface area contributed by atoms with E-state index in [4.69, 9.17) is 0 Å². The summed E-state index contributed by atoms with van der Waals surface area (Å²) in [5, 5.41) is 2.54. The van der Waals surface area contributed by atoms with E-state index < -0.39 is 28.9 Å². The SMILES string of the molecule is O=C(NCCCCCN1CCCCC1)c1ccc(F)c(F)c1F. The maximum atomic E-state index is 13.5.